The molecule has 0 aliphatic rings. The van der Waals surface area contributed by atoms with Crippen LogP contribution in [0, 0.1) is 29.9 Å². The summed E-state index contributed by atoms with van der Waals surface area (Å²) in [6.07, 6.45) is -1.32. The third-order valence-corrected chi connectivity index (χ3v) is 3.19. The zero-order chi connectivity index (χ0) is 15.4. The SMILES string of the molecule is Cc1ccc(C#N)cc1NCC(O)c1c(F)cccc1F. The molecule has 5 heteroatoms. The predicted octanol–water partition coefficient (Wildman–Crippen LogP) is 3.29. The van der Waals surface area contributed by atoms with Crippen LogP contribution in [-0.4, -0.2) is 11.7 Å². The molecule has 1 unspecified atom stereocenters. The van der Waals surface area contributed by atoms with E-state index in [-0.39, 0.29) is 12.1 Å². The minimum absolute atomic E-state index is 0.0619. The maximum atomic E-state index is 13.6. The predicted molar refractivity (Wildman–Crippen MR) is 75.7 cm³/mol. The van der Waals surface area contributed by atoms with Crippen LogP contribution in [0.4, 0.5) is 14.5 Å². The summed E-state index contributed by atoms with van der Waals surface area (Å²) in [5, 5.41) is 21.7. The molecule has 1 atom stereocenters. The van der Waals surface area contributed by atoms with E-state index in [0.717, 1.165) is 17.7 Å². The van der Waals surface area contributed by atoms with Crippen LogP contribution in [0.1, 0.15) is 22.8 Å². The van der Waals surface area contributed by atoms with E-state index in [1.165, 1.54) is 6.07 Å². The highest BCUT2D eigenvalue weighted by Gasteiger charge is 2.17. The van der Waals surface area contributed by atoms with Crippen LogP contribution >= 0.6 is 0 Å². The van der Waals surface area contributed by atoms with E-state index in [9.17, 15) is 13.9 Å². The molecule has 2 aromatic carbocycles. The van der Waals surface area contributed by atoms with E-state index < -0.39 is 17.7 Å². The van der Waals surface area contributed by atoms with E-state index in [4.69, 9.17) is 5.26 Å². The summed E-state index contributed by atoms with van der Waals surface area (Å²) in [5.41, 5.74) is 1.62. The number of hydrogen-bond donors (Lipinski definition) is 2. The lowest BCUT2D eigenvalue weighted by atomic mass is 10.1. The zero-order valence-corrected chi connectivity index (χ0v) is 11.4. The van der Waals surface area contributed by atoms with Gasteiger partial charge in [-0.3, -0.25) is 0 Å². The van der Waals surface area contributed by atoms with E-state index in [1.807, 2.05) is 13.0 Å². The molecule has 0 amide bonds. The summed E-state index contributed by atoms with van der Waals surface area (Å²) in [4.78, 5) is 0. The number of nitrogens with one attached hydrogen (secondary N) is 1. The van der Waals surface area contributed by atoms with Gasteiger partial charge >= 0.3 is 0 Å². The Morgan fingerprint density at radius 2 is 1.90 bits per heavy atom. The Morgan fingerprint density at radius 1 is 1.24 bits per heavy atom. The second kappa shape index (κ2) is 6.33. The Kier molecular flexibility index (Phi) is 4.51. The molecule has 0 aliphatic carbocycles. The van der Waals surface area contributed by atoms with Gasteiger partial charge in [0.25, 0.3) is 0 Å². The van der Waals surface area contributed by atoms with Crippen molar-refractivity contribution < 1.29 is 13.9 Å². The molecule has 0 aromatic heterocycles. The first-order chi connectivity index (χ1) is 10.0. The fourth-order valence-corrected chi connectivity index (χ4v) is 2.02. The lowest BCUT2D eigenvalue weighted by Gasteiger charge is -2.16. The first kappa shape index (κ1) is 14.9. The molecular weight excluding hydrogens is 274 g/mol. The van der Waals surface area contributed by atoms with Crippen molar-refractivity contribution in [3.8, 4) is 6.07 Å². The zero-order valence-electron chi connectivity index (χ0n) is 11.4. The van der Waals surface area contributed by atoms with Crippen LogP contribution in [0.5, 0.6) is 0 Å². The second-order valence-electron chi connectivity index (χ2n) is 4.67. The minimum Gasteiger partial charge on any atom is -0.386 e. The monoisotopic (exact) mass is 288 g/mol. The number of hydrogen-bond acceptors (Lipinski definition) is 3. The van der Waals surface area contributed by atoms with Crippen molar-refractivity contribution in [2.24, 2.45) is 0 Å². The number of nitrogens with zero attached hydrogens (tertiary/aromatic N) is 1. The highest BCUT2D eigenvalue weighted by atomic mass is 19.1. The number of aryl methyl sites for hydroxylation is 1. The Bertz CT molecular complexity index is 675. The largest absolute Gasteiger partial charge is 0.386 e. The smallest absolute Gasteiger partial charge is 0.132 e. The van der Waals surface area contributed by atoms with Crippen LogP contribution in [0.2, 0.25) is 0 Å². The van der Waals surface area contributed by atoms with Gasteiger partial charge in [-0.2, -0.15) is 5.26 Å². The lowest BCUT2D eigenvalue weighted by molar-refractivity contribution is 0.181. The van der Waals surface area contributed by atoms with Gasteiger partial charge in [-0.15, -0.1) is 0 Å². The van der Waals surface area contributed by atoms with E-state index in [2.05, 4.69) is 5.32 Å². The van der Waals surface area contributed by atoms with E-state index in [0.29, 0.717) is 11.3 Å². The van der Waals surface area contributed by atoms with Crippen molar-refractivity contribution in [3.05, 3.63) is 64.7 Å². The summed E-state index contributed by atoms with van der Waals surface area (Å²) < 4.78 is 27.1. The Balaban J connectivity index is 2.15. The molecular formula is C16H14F2N2O. The van der Waals surface area contributed by atoms with Gasteiger partial charge in [0.05, 0.1) is 17.2 Å². The number of halogens is 2. The third-order valence-electron chi connectivity index (χ3n) is 3.19. The van der Waals surface area contributed by atoms with Gasteiger partial charge in [0, 0.05) is 12.2 Å². The molecule has 2 N–H and O–H groups in total. The minimum atomic E-state index is -1.32. The fourth-order valence-electron chi connectivity index (χ4n) is 2.02. The van der Waals surface area contributed by atoms with Gasteiger partial charge in [0.2, 0.25) is 0 Å². The number of aliphatic hydroxyl groups excluding tert-OH is 1. The molecule has 21 heavy (non-hydrogen) atoms. The maximum absolute atomic E-state index is 13.6. The Labute approximate surface area is 121 Å². The summed E-state index contributed by atoms with van der Waals surface area (Å²) in [6.45, 7) is 1.77. The molecule has 0 aliphatic heterocycles. The van der Waals surface area contributed by atoms with Crippen LogP contribution in [0.15, 0.2) is 36.4 Å². The first-order valence-corrected chi connectivity index (χ1v) is 6.39. The highest BCUT2D eigenvalue weighted by molar-refractivity contribution is 5.55. The number of benzene rings is 2. The molecule has 0 bridgehead atoms. The third kappa shape index (κ3) is 3.36. The van der Waals surface area contributed by atoms with Gasteiger partial charge in [0.1, 0.15) is 17.7 Å². The second-order valence-corrected chi connectivity index (χ2v) is 4.67. The molecule has 0 spiro atoms. The standard InChI is InChI=1S/C16H14F2N2O/c1-10-5-6-11(8-19)7-14(10)20-9-15(21)16-12(17)3-2-4-13(16)18/h2-7,15,20-21H,9H2,1H3. The molecule has 0 saturated carbocycles. The van der Waals surface area contributed by atoms with Crippen LogP contribution in [0.25, 0.3) is 0 Å². The van der Waals surface area contributed by atoms with Gasteiger partial charge < -0.3 is 10.4 Å². The van der Waals surface area contributed by atoms with Crippen molar-refractivity contribution in [3.63, 3.8) is 0 Å². The molecule has 3 nitrogen and oxygen atoms in total. The molecule has 0 saturated heterocycles. The van der Waals surface area contributed by atoms with Crippen LogP contribution < -0.4 is 5.32 Å². The summed E-state index contributed by atoms with van der Waals surface area (Å²) in [6, 6.07) is 10.5. The first-order valence-electron chi connectivity index (χ1n) is 6.39. The number of anilines is 1. The number of aliphatic hydroxyl groups is 1. The van der Waals surface area contributed by atoms with Crippen molar-refractivity contribution in [2.45, 2.75) is 13.0 Å². The average molecular weight is 288 g/mol. The average Bonchev–Trinajstić information content (AvgIpc) is 2.46. The summed E-state index contributed by atoms with van der Waals surface area (Å²) >= 11 is 0. The normalized spacial score (nSPS) is 11.8. The topological polar surface area (TPSA) is 56.0 Å². The van der Waals surface area contributed by atoms with E-state index in [1.54, 1.807) is 18.2 Å². The van der Waals surface area contributed by atoms with E-state index >= 15 is 0 Å². The molecule has 2 aromatic rings. The molecule has 0 radical (unpaired) electrons. The van der Waals surface area contributed by atoms with Crippen LogP contribution in [-0.2, 0) is 0 Å². The number of rotatable bonds is 4. The van der Waals surface area contributed by atoms with Gasteiger partial charge in [-0.05, 0) is 36.8 Å². The molecule has 108 valence electrons. The fraction of sp³-hybridized carbons (Fsp3) is 0.188. The summed E-state index contributed by atoms with van der Waals surface area (Å²) in [7, 11) is 0. The molecule has 2 rings (SSSR count). The highest BCUT2D eigenvalue weighted by Crippen LogP contribution is 2.22. The van der Waals surface area contributed by atoms with Gasteiger partial charge in [0.15, 0.2) is 0 Å². The Morgan fingerprint density at radius 3 is 2.52 bits per heavy atom. The Hall–Kier alpha value is -2.45. The van der Waals surface area contributed by atoms with Crippen molar-refractivity contribution in [2.75, 3.05) is 11.9 Å². The molecule has 0 fully saturated rings. The van der Waals surface area contributed by atoms with Gasteiger partial charge in [-0.1, -0.05) is 12.1 Å². The van der Waals surface area contributed by atoms with Crippen LogP contribution in [0.3, 0.4) is 0 Å². The maximum Gasteiger partial charge on any atom is 0.132 e. The lowest BCUT2D eigenvalue weighted by Crippen LogP contribution is -2.15. The van der Waals surface area contributed by atoms with Gasteiger partial charge in [-0.25, -0.2) is 8.78 Å². The quantitative estimate of drug-likeness (QED) is 0.907. The van der Waals surface area contributed by atoms with Crippen molar-refractivity contribution >= 4 is 5.69 Å². The van der Waals surface area contributed by atoms with Crippen molar-refractivity contribution in [1.82, 2.24) is 0 Å². The number of nitriles is 1. The molecule has 0 heterocycles. The summed E-state index contributed by atoms with van der Waals surface area (Å²) in [5.74, 6) is -1.57. The van der Waals surface area contributed by atoms with Crippen molar-refractivity contribution in [1.29, 1.82) is 5.26 Å².